The molecule has 0 aliphatic heterocycles. The Balaban J connectivity index is 1.72. The quantitative estimate of drug-likeness (QED) is 0.513. The third-order valence-corrected chi connectivity index (χ3v) is 3.09. The Bertz CT molecular complexity index is 247. The SMILES string of the molecule is CCOC(=O)OCC1C[C@H]2C=CC1C2. The van der Waals surface area contributed by atoms with E-state index in [0.717, 1.165) is 5.92 Å². The molecule has 2 bridgehead atoms. The minimum absolute atomic E-state index is 0.384. The van der Waals surface area contributed by atoms with Gasteiger partial charge < -0.3 is 9.47 Å². The summed E-state index contributed by atoms with van der Waals surface area (Å²) in [6.45, 7) is 2.68. The van der Waals surface area contributed by atoms with Crippen LogP contribution >= 0.6 is 0 Å². The van der Waals surface area contributed by atoms with Gasteiger partial charge in [0, 0.05) is 5.92 Å². The van der Waals surface area contributed by atoms with E-state index in [1.807, 2.05) is 0 Å². The Morgan fingerprint density at radius 1 is 1.36 bits per heavy atom. The molecule has 0 amide bonds. The molecule has 0 N–H and O–H groups in total. The molecule has 0 aromatic carbocycles. The lowest BCUT2D eigenvalue weighted by molar-refractivity contribution is 0.0447. The average molecular weight is 196 g/mol. The van der Waals surface area contributed by atoms with Gasteiger partial charge in [0.25, 0.3) is 0 Å². The van der Waals surface area contributed by atoms with Gasteiger partial charge in [-0.1, -0.05) is 12.2 Å². The Morgan fingerprint density at radius 2 is 2.21 bits per heavy atom. The fourth-order valence-electron chi connectivity index (χ4n) is 2.42. The van der Waals surface area contributed by atoms with Gasteiger partial charge in [-0.15, -0.1) is 0 Å². The third kappa shape index (κ3) is 1.91. The van der Waals surface area contributed by atoms with Crippen LogP contribution < -0.4 is 0 Å². The van der Waals surface area contributed by atoms with Crippen LogP contribution in [-0.4, -0.2) is 19.4 Å². The van der Waals surface area contributed by atoms with E-state index >= 15 is 0 Å². The lowest BCUT2D eigenvalue weighted by atomic mass is 9.95. The molecule has 0 spiro atoms. The zero-order valence-corrected chi connectivity index (χ0v) is 8.44. The smallest absolute Gasteiger partial charge is 0.435 e. The summed E-state index contributed by atoms with van der Waals surface area (Å²) in [4.78, 5) is 10.9. The maximum absolute atomic E-state index is 10.9. The summed E-state index contributed by atoms with van der Waals surface area (Å²) >= 11 is 0. The van der Waals surface area contributed by atoms with Crippen LogP contribution in [0.4, 0.5) is 4.79 Å². The van der Waals surface area contributed by atoms with E-state index in [-0.39, 0.29) is 0 Å². The van der Waals surface area contributed by atoms with Crippen molar-refractivity contribution in [2.45, 2.75) is 19.8 Å². The van der Waals surface area contributed by atoms with Gasteiger partial charge in [-0.05, 0) is 31.6 Å². The van der Waals surface area contributed by atoms with Crippen LogP contribution in [0.3, 0.4) is 0 Å². The summed E-state index contributed by atoms with van der Waals surface area (Å²) in [6.07, 6.45) is 6.43. The maximum Gasteiger partial charge on any atom is 0.508 e. The largest absolute Gasteiger partial charge is 0.508 e. The average Bonchev–Trinajstić information content (AvgIpc) is 2.76. The molecule has 14 heavy (non-hydrogen) atoms. The van der Waals surface area contributed by atoms with Gasteiger partial charge in [-0.25, -0.2) is 4.79 Å². The fourth-order valence-corrected chi connectivity index (χ4v) is 2.42. The van der Waals surface area contributed by atoms with Gasteiger partial charge in [-0.3, -0.25) is 0 Å². The number of ether oxygens (including phenoxy) is 2. The van der Waals surface area contributed by atoms with Crippen LogP contribution in [0, 0.1) is 17.8 Å². The molecular formula is C11H16O3. The molecule has 0 radical (unpaired) electrons. The van der Waals surface area contributed by atoms with Gasteiger partial charge in [0.1, 0.15) is 0 Å². The van der Waals surface area contributed by atoms with Gasteiger partial charge in [0.15, 0.2) is 0 Å². The minimum Gasteiger partial charge on any atom is -0.435 e. The second-order valence-electron chi connectivity index (χ2n) is 4.03. The van der Waals surface area contributed by atoms with Crippen LogP contribution in [0.15, 0.2) is 12.2 Å². The lowest BCUT2D eigenvalue weighted by Gasteiger charge is -2.17. The molecular weight excluding hydrogens is 180 g/mol. The number of fused-ring (bicyclic) bond motifs is 2. The van der Waals surface area contributed by atoms with Crippen molar-refractivity contribution in [2.75, 3.05) is 13.2 Å². The topological polar surface area (TPSA) is 35.5 Å². The number of allylic oxidation sites excluding steroid dienone is 2. The van der Waals surface area contributed by atoms with Crippen molar-refractivity contribution in [3.05, 3.63) is 12.2 Å². The van der Waals surface area contributed by atoms with Crippen molar-refractivity contribution in [3.63, 3.8) is 0 Å². The van der Waals surface area contributed by atoms with Crippen LogP contribution in [0.25, 0.3) is 0 Å². The molecule has 78 valence electrons. The van der Waals surface area contributed by atoms with Crippen molar-refractivity contribution in [1.29, 1.82) is 0 Å². The maximum atomic E-state index is 10.9. The normalized spacial score (nSPS) is 33.4. The number of rotatable bonds is 3. The zero-order valence-electron chi connectivity index (χ0n) is 8.44. The van der Waals surface area contributed by atoms with Crippen LogP contribution in [0.1, 0.15) is 19.8 Å². The Morgan fingerprint density at radius 3 is 2.79 bits per heavy atom. The first-order valence-corrected chi connectivity index (χ1v) is 5.27. The molecule has 2 aliphatic rings. The molecule has 0 aromatic heterocycles. The summed E-state index contributed by atoms with van der Waals surface area (Å²) in [5.74, 6) is 1.89. The highest BCUT2D eigenvalue weighted by atomic mass is 16.7. The van der Waals surface area contributed by atoms with Crippen LogP contribution in [0.5, 0.6) is 0 Å². The Hall–Kier alpha value is -0.990. The summed E-state index contributed by atoms with van der Waals surface area (Å²) < 4.78 is 9.73. The van der Waals surface area contributed by atoms with Gasteiger partial charge >= 0.3 is 6.16 Å². The molecule has 2 aliphatic carbocycles. The summed E-state index contributed by atoms with van der Waals surface area (Å²) in [6, 6.07) is 0. The highest BCUT2D eigenvalue weighted by molar-refractivity contribution is 5.59. The highest BCUT2D eigenvalue weighted by Crippen LogP contribution is 2.43. The number of hydrogen-bond donors (Lipinski definition) is 0. The third-order valence-electron chi connectivity index (χ3n) is 3.09. The second kappa shape index (κ2) is 4.03. The van der Waals surface area contributed by atoms with E-state index < -0.39 is 6.16 Å². The fraction of sp³-hybridized carbons (Fsp3) is 0.727. The standard InChI is InChI=1S/C11H16O3/c1-2-13-11(12)14-7-10-6-8-3-4-9(10)5-8/h3-4,8-10H,2,5-7H2,1H3/t8-,9?,10?/m0/s1. The lowest BCUT2D eigenvalue weighted by Crippen LogP contribution is -2.18. The van der Waals surface area contributed by atoms with E-state index in [2.05, 4.69) is 12.2 Å². The Labute approximate surface area is 84.1 Å². The van der Waals surface area contributed by atoms with Crippen molar-refractivity contribution in [3.8, 4) is 0 Å². The summed E-state index contributed by atoms with van der Waals surface area (Å²) in [5, 5.41) is 0. The van der Waals surface area contributed by atoms with Gasteiger partial charge in [0.05, 0.1) is 13.2 Å². The van der Waals surface area contributed by atoms with E-state index in [1.165, 1.54) is 12.8 Å². The van der Waals surface area contributed by atoms with Crippen molar-refractivity contribution in [1.82, 2.24) is 0 Å². The van der Waals surface area contributed by atoms with E-state index in [1.54, 1.807) is 6.92 Å². The predicted molar refractivity (Wildman–Crippen MR) is 51.8 cm³/mol. The van der Waals surface area contributed by atoms with Gasteiger partial charge in [-0.2, -0.15) is 0 Å². The van der Waals surface area contributed by atoms with E-state index in [9.17, 15) is 4.79 Å². The number of hydrogen-bond acceptors (Lipinski definition) is 3. The molecule has 3 atom stereocenters. The summed E-state index contributed by atoms with van der Waals surface area (Å²) in [5.41, 5.74) is 0. The number of carbonyl (C=O) groups excluding carboxylic acids is 1. The molecule has 2 rings (SSSR count). The van der Waals surface area contributed by atoms with Crippen molar-refractivity contribution >= 4 is 6.16 Å². The molecule has 3 heteroatoms. The Kier molecular flexibility index (Phi) is 2.75. The van der Waals surface area contributed by atoms with E-state index in [4.69, 9.17) is 9.47 Å². The minimum atomic E-state index is -0.528. The van der Waals surface area contributed by atoms with Crippen LogP contribution in [0.2, 0.25) is 0 Å². The molecule has 0 heterocycles. The van der Waals surface area contributed by atoms with Crippen LogP contribution in [-0.2, 0) is 9.47 Å². The molecule has 0 aromatic rings. The summed E-state index contributed by atoms with van der Waals surface area (Å²) in [7, 11) is 0. The van der Waals surface area contributed by atoms with Crippen molar-refractivity contribution < 1.29 is 14.3 Å². The second-order valence-corrected chi connectivity index (χ2v) is 4.03. The zero-order chi connectivity index (χ0) is 9.97. The first-order valence-electron chi connectivity index (χ1n) is 5.27. The molecule has 1 fully saturated rings. The first-order chi connectivity index (χ1) is 6.79. The van der Waals surface area contributed by atoms with Crippen molar-refractivity contribution in [2.24, 2.45) is 17.8 Å². The molecule has 1 saturated carbocycles. The molecule has 2 unspecified atom stereocenters. The highest BCUT2D eigenvalue weighted by Gasteiger charge is 2.36. The molecule has 3 nitrogen and oxygen atoms in total. The first kappa shape index (κ1) is 9.56. The monoisotopic (exact) mass is 196 g/mol. The number of carbonyl (C=O) groups is 1. The van der Waals surface area contributed by atoms with Gasteiger partial charge in [0.2, 0.25) is 0 Å². The molecule has 0 saturated heterocycles. The predicted octanol–water partition coefficient (Wildman–Crippen LogP) is 2.37. The van der Waals surface area contributed by atoms with E-state index in [0.29, 0.717) is 25.0 Å².